The van der Waals surface area contributed by atoms with Gasteiger partial charge in [-0.1, -0.05) is 28.1 Å². The standard InChI is InChI=1S/C16H14BrNO3/c17-13-6-4-11(5-7-13)15(19)18-14-3-1-2-12(10-14)16-20-8-9-21-16/h1-7,10,16H,8-9H2,(H,18,19). The molecule has 0 radical (unpaired) electrons. The van der Waals surface area contributed by atoms with E-state index >= 15 is 0 Å². The van der Waals surface area contributed by atoms with E-state index in [0.29, 0.717) is 18.8 Å². The maximum Gasteiger partial charge on any atom is 0.255 e. The van der Waals surface area contributed by atoms with Gasteiger partial charge in [0.15, 0.2) is 6.29 Å². The van der Waals surface area contributed by atoms with E-state index in [1.54, 1.807) is 12.1 Å². The molecule has 5 heteroatoms. The van der Waals surface area contributed by atoms with Gasteiger partial charge in [-0.3, -0.25) is 4.79 Å². The number of hydrogen-bond donors (Lipinski definition) is 1. The van der Waals surface area contributed by atoms with Gasteiger partial charge < -0.3 is 14.8 Å². The van der Waals surface area contributed by atoms with Crippen LogP contribution in [0.4, 0.5) is 5.69 Å². The molecule has 4 nitrogen and oxygen atoms in total. The summed E-state index contributed by atoms with van der Waals surface area (Å²) in [4.78, 5) is 12.2. The summed E-state index contributed by atoms with van der Waals surface area (Å²) < 4.78 is 11.9. The van der Waals surface area contributed by atoms with Crippen LogP contribution in [-0.2, 0) is 9.47 Å². The summed E-state index contributed by atoms with van der Waals surface area (Å²) in [6, 6.07) is 14.7. The first-order valence-electron chi connectivity index (χ1n) is 6.62. The van der Waals surface area contributed by atoms with Crippen LogP contribution < -0.4 is 5.32 Å². The average molecular weight is 348 g/mol. The van der Waals surface area contributed by atoms with Gasteiger partial charge in [0.25, 0.3) is 5.91 Å². The third-order valence-electron chi connectivity index (χ3n) is 3.14. The second kappa shape index (κ2) is 6.39. The molecule has 0 spiro atoms. The van der Waals surface area contributed by atoms with Gasteiger partial charge in [-0.05, 0) is 36.4 Å². The molecular formula is C16H14BrNO3. The summed E-state index contributed by atoms with van der Waals surface area (Å²) in [5.74, 6) is -0.145. The molecule has 1 saturated heterocycles. The summed E-state index contributed by atoms with van der Waals surface area (Å²) >= 11 is 3.35. The number of hydrogen-bond acceptors (Lipinski definition) is 3. The summed E-state index contributed by atoms with van der Waals surface area (Å²) in [6.45, 7) is 1.19. The zero-order valence-corrected chi connectivity index (χ0v) is 12.8. The second-order valence-corrected chi connectivity index (χ2v) is 5.58. The van der Waals surface area contributed by atoms with Crippen LogP contribution in [0.3, 0.4) is 0 Å². The molecule has 1 fully saturated rings. The number of carbonyl (C=O) groups excluding carboxylic acids is 1. The van der Waals surface area contributed by atoms with E-state index in [9.17, 15) is 4.79 Å². The third-order valence-corrected chi connectivity index (χ3v) is 3.67. The highest BCUT2D eigenvalue weighted by atomic mass is 79.9. The Morgan fingerprint density at radius 1 is 1.10 bits per heavy atom. The van der Waals surface area contributed by atoms with Crippen molar-refractivity contribution < 1.29 is 14.3 Å². The zero-order valence-electron chi connectivity index (χ0n) is 11.2. The smallest absolute Gasteiger partial charge is 0.255 e. The number of nitrogens with one attached hydrogen (secondary N) is 1. The Kier molecular flexibility index (Phi) is 4.34. The quantitative estimate of drug-likeness (QED) is 0.919. The molecule has 2 aromatic rings. The van der Waals surface area contributed by atoms with E-state index in [-0.39, 0.29) is 12.2 Å². The molecule has 0 atom stereocenters. The number of halogens is 1. The van der Waals surface area contributed by atoms with Crippen molar-refractivity contribution in [1.29, 1.82) is 0 Å². The lowest BCUT2D eigenvalue weighted by Crippen LogP contribution is -2.12. The second-order valence-electron chi connectivity index (χ2n) is 4.66. The summed E-state index contributed by atoms with van der Waals surface area (Å²) in [5.41, 5.74) is 2.23. The van der Waals surface area contributed by atoms with Gasteiger partial charge in [-0.2, -0.15) is 0 Å². The van der Waals surface area contributed by atoms with Gasteiger partial charge in [-0.25, -0.2) is 0 Å². The number of benzene rings is 2. The van der Waals surface area contributed by atoms with Crippen LogP contribution in [0.5, 0.6) is 0 Å². The third kappa shape index (κ3) is 3.50. The van der Waals surface area contributed by atoms with Crippen LogP contribution >= 0.6 is 15.9 Å². The molecule has 0 unspecified atom stereocenters. The van der Waals surface area contributed by atoms with Gasteiger partial charge in [0, 0.05) is 21.3 Å². The minimum Gasteiger partial charge on any atom is -0.346 e. The van der Waals surface area contributed by atoms with E-state index in [1.165, 1.54) is 0 Å². The van der Waals surface area contributed by atoms with Crippen LogP contribution in [0.2, 0.25) is 0 Å². The Balaban J connectivity index is 1.73. The predicted molar refractivity (Wildman–Crippen MR) is 83.2 cm³/mol. The van der Waals surface area contributed by atoms with Gasteiger partial charge in [0.05, 0.1) is 13.2 Å². The molecule has 1 N–H and O–H groups in total. The Hall–Kier alpha value is -1.69. The molecule has 21 heavy (non-hydrogen) atoms. The van der Waals surface area contributed by atoms with Gasteiger partial charge >= 0.3 is 0 Å². The molecule has 108 valence electrons. The Morgan fingerprint density at radius 2 is 1.81 bits per heavy atom. The summed E-state index contributed by atoms with van der Waals surface area (Å²) in [7, 11) is 0. The fourth-order valence-electron chi connectivity index (χ4n) is 2.12. The first-order valence-corrected chi connectivity index (χ1v) is 7.42. The monoisotopic (exact) mass is 347 g/mol. The number of amides is 1. The summed E-state index contributed by atoms with van der Waals surface area (Å²) in [5, 5.41) is 2.88. The molecule has 3 rings (SSSR count). The van der Waals surface area contributed by atoms with Crippen molar-refractivity contribution >= 4 is 27.5 Å². The minimum absolute atomic E-state index is 0.145. The zero-order chi connectivity index (χ0) is 14.7. The maximum absolute atomic E-state index is 12.2. The van der Waals surface area contributed by atoms with E-state index < -0.39 is 0 Å². The first kappa shape index (κ1) is 14.3. The SMILES string of the molecule is O=C(Nc1cccc(C2OCCO2)c1)c1ccc(Br)cc1. The Morgan fingerprint density at radius 3 is 2.52 bits per heavy atom. The van der Waals surface area contributed by atoms with E-state index in [4.69, 9.17) is 9.47 Å². The lowest BCUT2D eigenvalue weighted by Gasteiger charge is -2.11. The van der Waals surface area contributed by atoms with E-state index in [1.807, 2.05) is 36.4 Å². The van der Waals surface area contributed by atoms with Crippen LogP contribution in [0.25, 0.3) is 0 Å². The highest BCUT2D eigenvalue weighted by molar-refractivity contribution is 9.10. The van der Waals surface area contributed by atoms with Crippen molar-refractivity contribution in [2.24, 2.45) is 0 Å². The lowest BCUT2D eigenvalue weighted by molar-refractivity contribution is -0.0440. The highest BCUT2D eigenvalue weighted by Gasteiger charge is 2.18. The van der Waals surface area contributed by atoms with Gasteiger partial charge in [-0.15, -0.1) is 0 Å². The van der Waals surface area contributed by atoms with Crippen molar-refractivity contribution in [3.8, 4) is 0 Å². The molecule has 0 bridgehead atoms. The number of carbonyl (C=O) groups is 1. The molecule has 0 aliphatic carbocycles. The molecule has 1 aliphatic rings. The predicted octanol–water partition coefficient (Wildman–Crippen LogP) is 3.75. The Bertz CT molecular complexity index is 636. The van der Waals surface area contributed by atoms with Gasteiger partial charge in [0.1, 0.15) is 0 Å². The van der Waals surface area contributed by atoms with E-state index in [2.05, 4.69) is 21.2 Å². The van der Waals surface area contributed by atoms with Crippen molar-refractivity contribution in [1.82, 2.24) is 0 Å². The minimum atomic E-state index is -0.338. The molecule has 1 heterocycles. The largest absolute Gasteiger partial charge is 0.346 e. The molecule has 1 amide bonds. The van der Waals surface area contributed by atoms with Crippen LogP contribution in [0, 0.1) is 0 Å². The van der Waals surface area contributed by atoms with Crippen molar-refractivity contribution in [2.75, 3.05) is 18.5 Å². The van der Waals surface area contributed by atoms with Crippen LogP contribution in [0.1, 0.15) is 22.2 Å². The van der Waals surface area contributed by atoms with Crippen molar-refractivity contribution in [3.63, 3.8) is 0 Å². The molecule has 0 aromatic heterocycles. The normalized spacial score (nSPS) is 15.1. The lowest BCUT2D eigenvalue weighted by atomic mass is 10.1. The number of ether oxygens (including phenoxy) is 2. The number of rotatable bonds is 3. The Labute approximate surface area is 131 Å². The fourth-order valence-corrected chi connectivity index (χ4v) is 2.38. The average Bonchev–Trinajstić information content (AvgIpc) is 3.02. The first-order chi connectivity index (χ1) is 10.2. The van der Waals surface area contributed by atoms with Gasteiger partial charge in [0.2, 0.25) is 0 Å². The van der Waals surface area contributed by atoms with Crippen molar-refractivity contribution in [3.05, 3.63) is 64.1 Å². The fraction of sp³-hybridized carbons (Fsp3) is 0.188. The molecular weight excluding hydrogens is 334 g/mol. The van der Waals surface area contributed by atoms with Crippen LogP contribution in [0.15, 0.2) is 53.0 Å². The topological polar surface area (TPSA) is 47.6 Å². The number of anilines is 1. The van der Waals surface area contributed by atoms with Crippen molar-refractivity contribution in [2.45, 2.75) is 6.29 Å². The summed E-state index contributed by atoms with van der Waals surface area (Å²) in [6.07, 6.45) is -0.338. The molecule has 2 aromatic carbocycles. The molecule has 1 aliphatic heterocycles. The van der Waals surface area contributed by atoms with E-state index in [0.717, 1.165) is 15.7 Å². The highest BCUT2D eigenvalue weighted by Crippen LogP contribution is 2.25. The van der Waals surface area contributed by atoms with Crippen LogP contribution in [-0.4, -0.2) is 19.1 Å². The maximum atomic E-state index is 12.2. The molecule has 0 saturated carbocycles.